The van der Waals surface area contributed by atoms with Gasteiger partial charge in [0.2, 0.25) is 11.7 Å². The molecule has 0 bridgehead atoms. The van der Waals surface area contributed by atoms with Crippen LogP contribution in [0.2, 0.25) is 0 Å². The van der Waals surface area contributed by atoms with Crippen LogP contribution in [0.1, 0.15) is 25.2 Å². The SMILES string of the molecule is [CH2]CCCCc1nc(-c2cccs2)no1. The first-order chi connectivity index (χ1) is 7.40. The summed E-state index contributed by atoms with van der Waals surface area (Å²) >= 11 is 1.62. The minimum absolute atomic E-state index is 0.703. The lowest BCUT2D eigenvalue weighted by Gasteiger charge is -1.91. The summed E-state index contributed by atoms with van der Waals surface area (Å²) in [4.78, 5) is 5.39. The fourth-order valence-corrected chi connectivity index (χ4v) is 1.96. The summed E-state index contributed by atoms with van der Waals surface area (Å²) in [6, 6.07) is 3.98. The molecule has 4 heteroatoms. The normalized spacial score (nSPS) is 10.7. The van der Waals surface area contributed by atoms with Gasteiger partial charge in [-0.3, -0.25) is 0 Å². The molecule has 2 aromatic rings. The van der Waals surface area contributed by atoms with Gasteiger partial charge in [0.05, 0.1) is 4.88 Å². The Hall–Kier alpha value is -1.16. The maximum absolute atomic E-state index is 5.16. The smallest absolute Gasteiger partial charge is 0.226 e. The molecular formula is C11H13N2OS. The number of unbranched alkanes of at least 4 members (excludes halogenated alkanes) is 2. The fraction of sp³-hybridized carbons (Fsp3) is 0.364. The summed E-state index contributed by atoms with van der Waals surface area (Å²) in [6.07, 6.45) is 3.99. The molecule has 0 fully saturated rings. The minimum atomic E-state index is 0.703. The van der Waals surface area contributed by atoms with Gasteiger partial charge in [-0.15, -0.1) is 11.3 Å². The predicted octanol–water partition coefficient (Wildman–Crippen LogP) is 3.34. The zero-order valence-corrected chi connectivity index (χ0v) is 9.30. The average Bonchev–Trinajstić information content (AvgIpc) is 2.87. The van der Waals surface area contributed by atoms with Crippen molar-refractivity contribution in [1.82, 2.24) is 10.1 Å². The molecular weight excluding hydrogens is 208 g/mol. The first-order valence-corrected chi connectivity index (χ1v) is 5.94. The number of hydrogen-bond acceptors (Lipinski definition) is 4. The van der Waals surface area contributed by atoms with Crippen LogP contribution in [-0.2, 0) is 6.42 Å². The minimum Gasteiger partial charge on any atom is -0.339 e. The van der Waals surface area contributed by atoms with Gasteiger partial charge < -0.3 is 4.52 Å². The van der Waals surface area contributed by atoms with Crippen molar-refractivity contribution in [3.05, 3.63) is 30.3 Å². The van der Waals surface area contributed by atoms with Gasteiger partial charge in [0.25, 0.3) is 0 Å². The Bertz CT molecular complexity index is 394. The van der Waals surface area contributed by atoms with E-state index in [0.717, 1.165) is 36.5 Å². The van der Waals surface area contributed by atoms with Gasteiger partial charge in [-0.05, 0) is 17.9 Å². The zero-order valence-electron chi connectivity index (χ0n) is 8.48. The molecule has 0 atom stereocenters. The van der Waals surface area contributed by atoms with Gasteiger partial charge in [0.15, 0.2) is 0 Å². The lowest BCUT2D eigenvalue weighted by Crippen LogP contribution is -1.85. The molecule has 1 radical (unpaired) electrons. The fourth-order valence-electron chi connectivity index (χ4n) is 1.32. The lowest BCUT2D eigenvalue weighted by atomic mass is 10.2. The largest absolute Gasteiger partial charge is 0.339 e. The van der Waals surface area contributed by atoms with Gasteiger partial charge in [0, 0.05) is 6.42 Å². The molecule has 3 nitrogen and oxygen atoms in total. The Morgan fingerprint density at radius 1 is 1.40 bits per heavy atom. The number of aromatic nitrogens is 2. The molecule has 79 valence electrons. The Balaban J connectivity index is 1.98. The molecule has 0 saturated carbocycles. The van der Waals surface area contributed by atoms with Crippen LogP contribution in [0.25, 0.3) is 10.7 Å². The lowest BCUT2D eigenvalue weighted by molar-refractivity contribution is 0.375. The van der Waals surface area contributed by atoms with E-state index in [4.69, 9.17) is 4.52 Å². The van der Waals surface area contributed by atoms with Crippen LogP contribution >= 0.6 is 11.3 Å². The topological polar surface area (TPSA) is 38.9 Å². The van der Waals surface area contributed by atoms with Crippen molar-refractivity contribution in [2.24, 2.45) is 0 Å². The van der Waals surface area contributed by atoms with Gasteiger partial charge in [0.1, 0.15) is 0 Å². The maximum Gasteiger partial charge on any atom is 0.226 e. The van der Waals surface area contributed by atoms with Crippen LogP contribution in [0.5, 0.6) is 0 Å². The Labute approximate surface area is 93.1 Å². The quantitative estimate of drug-likeness (QED) is 0.727. The Morgan fingerprint density at radius 2 is 2.33 bits per heavy atom. The second kappa shape index (κ2) is 5.07. The molecule has 2 aromatic heterocycles. The van der Waals surface area contributed by atoms with Crippen molar-refractivity contribution in [1.29, 1.82) is 0 Å². The zero-order chi connectivity index (χ0) is 10.5. The first-order valence-electron chi connectivity index (χ1n) is 5.06. The highest BCUT2D eigenvalue weighted by atomic mass is 32.1. The molecule has 0 N–H and O–H groups in total. The van der Waals surface area contributed by atoms with E-state index in [2.05, 4.69) is 17.1 Å². The van der Waals surface area contributed by atoms with E-state index in [0.29, 0.717) is 5.82 Å². The molecule has 15 heavy (non-hydrogen) atoms. The van der Waals surface area contributed by atoms with Crippen molar-refractivity contribution in [3.8, 4) is 10.7 Å². The molecule has 0 aromatic carbocycles. The number of rotatable bonds is 5. The predicted molar refractivity (Wildman–Crippen MR) is 60.5 cm³/mol. The third kappa shape index (κ3) is 2.65. The summed E-state index contributed by atoms with van der Waals surface area (Å²) in [6.45, 7) is 3.80. The van der Waals surface area contributed by atoms with Crippen molar-refractivity contribution >= 4 is 11.3 Å². The van der Waals surface area contributed by atoms with Gasteiger partial charge in [-0.25, -0.2) is 0 Å². The summed E-state index contributed by atoms with van der Waals surface area (Å²) < 4.78 is 5.16. The van der Waals surface area contributed by atoms with Gasteiger partial charge in [-0.2, -0.15) is 4.98 Å². The molecule has 2 rings (SSSR count). The first kappa shape index (κ1) is 10.4. The van der Waals surface area contributed by atoms with Crippen LogP contribution < -0.4 is 0 Å². The average molecular weight is 221 g/mol. The van der Waals surface area contributed by atoms with E-state index in [-0.39, 0.29) is 0 Å². The number of hydrogen-bond donors (Lipinski definition) is 0. The maximum atomic E-state index is 5.16. The third-order valence-corrected chi connectivity index (χ3v) is 2.97. The molecule has 0 aliphatic heterocycles. The Morgan fingerprint density at radius 3 is 3.07 bits per heavy atom. The number of aryl methyl sites for hydroxylation is 1. The van der Waals surface area contributed by atoms with Crippen molar-refractivity contribution in [2.45, 2.75) is 25.7 Å². The summed E-state index contributed by atoms with van der Waals surface area (Å²) in [5.41, 5.74) is 0. The number of thiophene rings is 1. The standard InChI is InChI=1S/C11H13N2OS/c1-2-3-4-7-10-12-11(13-14-10)9-6-5-8-15-9/h5-6,8H,1-4,7H2. The summed E-state index contributed by atoms with van der Waals surface area (Å²) in [5.74, 6) is 1.43. The third-order valence-electron chi connectivity index (χ3n) is 2.10. The van der Waals surface area contributed by atoms with Crippen molar-refractivity contribution in [3.63, 3.8) is 0 Å². The van der Waals surface area contributed by atoms with E-state index in [1.165, 1.54) is 0 Å². The van der Waals surface area contributed by atoms with Crippen LogP contribution in [-0.4, -0.2) is 10.1 Å². The van der Waals surface area contributed by atoms with E-state index in [1.54, 1.807) is 11.3 Å². The van der Waals surface area contributed by atoms with Crippen molar-refractivity contribution < 1.29 is 4.52 Å². The second-order valence-electron chi connectivity index (χ2n) is 3.30. The molecule has 0 aliphatic carbocycles. The highest BCUT2D eigenvalue weighted by Crippen LogP contribution is 2.21. The summed E-state index contributed by atoms with van der Waals surface area (Å²) in [7, 11) is 0. The molecule has 0 amide bonds. The van der Waals surface area contributed by atoms with E-state index in [9.17, 15) is 0 Å². The van der Waals surface area contributed by atoms with Gasteiger partial charge in [-0.1, -0.05) is 31.0 Å². The van der Waals surface area contributed by atoms with Crippen LogP contribution in [0.15, 0.2) is 22.0 Å². The summed E-state index contributed by atoms with van der Waals surface area (Å²) in [5, 5.41) is 5.95. The van der Waals surface area contributed by atoms with E-state index in [1.807, 2.05) is 17.5 Å². The van der Waals surface area contributed by atoms with Crippen LogP contribution in [0.4, 0.5) is 0 Å². The molecule has 2 heterocycles. The molecule has 0 aliphatic rings. The number of nitrogens with zero attached hydrogens (tertiary/aromatic N) is 2. The monoisotopic (exact) mass is 221 g/mol. The van der Waals surface area contributed by atoms with E-state index >= 15 is 0 Å². The second-order valence-corrected chi connectivity index (χ2v) is 4.25. The van der Waals surface area contributed by atoms with Crippen LogP contribution in [0.3, 0.4) is 0 Å². The molecule has 0 saturated heterocycles. The van der Waals surface area contributed by atoms with Crippen molar-refractivity contribution in [2.75, 3.05) is 0 Å². The van der Waals surface area contributed by atoms with Crippen LogP contribution in [0, 0.1) is 6.92 Å². The van der Waals surface area contributed by atoms with Gasteiger partial charge >= 0.3 is 0 Å². The highest BCUT2D eigenvalue weighted by molar-refractivity contribution is 7.13. The molecule has 0 spiro atoms. The Kier molecular flexibility index (Phi) is 3.50. The van der Waals surface area contributed by atoms with E-state index < -0.39 is 0 Å². The highest BCUT2D eigenvalue weighted by Gasteiger charge is 2.08. The molecule has 0 unspecified atom stereocenters.